The summed E-state index contributed by atoms with van der Waals surface area (Å²) in [5, 5.41) is 0. The number of esters is 2. The molecule has 0 saturated heterocycles. The van der Waals surface area contributed by atoms with Gasteiger partial charge in [-0.05, 0) is 34.6 Å². The smallest absolute Gasteiger partial charge is 0.310 e. The maximum atomic E-state index is 12.0. The van der Waals surface area contributed by atoms with Gasteiger partial charge < -0.3 is 9.47 Å². The fourth-order valence-corrected chi connectivity index (χ4v) is 1.81. The maximum Gasteiger partial charge on any atom is 0.310 e. The van der Waals surface area contributed by atoms with Crippen LogP contribution in [0.2, 0.25) is 0 Å². The summed E-state index contributed by atoms with van der Waals surface area (Å²) in [5.41, 5.74) is -1.53. The van der Waals surface area contributed by atoms with Gasteiger partial charge in [0.25, 0.3) is 0 Å². The zero-order valence-electron chi connectivity index (χ0n) is 13.5. The van der Waals surface area contributed by atoms with Crippen molar-refractivity contribution >= 4 is 17.7 Å². The first kappa shape index (κ1) is 18.6. The Morgan fingerprint density at radius 1 is 1.05 bits per heavy atom. The van der Waals surface area contributed by atoms with Crippen LogP contribution in [0.5, 0.6) is 0 Å². The maximum absolute atomic E-state index is 12.0. The number of hydrogen-bond donors (Lipinski definition) is 0. The van der Waals surface area contributed by atoms with Gasteiger partial charge in [0.05, 0.1) is 11.8 Å². The Balaban J connectivity index is 5.04. The van der Waals surface area contributed by atoms with E-state index in [2.05, 4.69) is 0 Å². The van der Waals surface area contributed by atoms with Crippen LogP contribution in [0.15, 0.2) is 0 Å². The second-order valence-electron chi connectivity index (χ2n) is 6.39. The third-order valence-corrected chi connectivity index (χ3v) is 2.93. The predicted molar refractivity (Wildman–Crippen MR) is 75.1 cm³/mol. The Bertz CT molecular complexity index is 376. The molecule has 0 bridgehead atoms. The normalized spacial score (nSPS) is 13.6. The lowest BCUT2D eigenvalue weighted by molar-refractivity contribution is -0.167. The van der Waals surface area contributed by atoms with Crippen molar-refractivity contribution in [3.63, 3.8) is 0 Å². The SMILES string of the molecule is CCC(=O)C(C)(C)C(CC(=O)OC(C)(C)C)OC(C)=O. The molecule has 0 aromatic rings. The van der Waals surface area contributed by atoms with Crippen molar-refractivity contribution in [2.45, 2.75) is 73.0 Å². The van der Waals surface area contributed by atoms with Crippen molar-refractivity contribution in [3.8, 4) is 0 Å². The Morgan fingerprint density at radius 3 is 1.90 bits per heavy atom. The molecule has 1 atom stereocenters. The van der Waals surface area contributed by atoms with E-state index in [1.807, 2.05) is 0 Å². The third-order valence-electron chi connectivity index (χ3n) is 2.93. The fourth-order valence-electron chi connectivity index (χ4n) is 1.81. The molecule has 0 saturated carbocycles. The summed E-state index contributed by atoms with van der Waals surface area (Å²) in [5.74, 6) is -1.07. The summed E-state index contributed by atoms with van der Waals surface area (Å²) in [6, 6.07) is 0. The highest BCUT2D eigenvalue weighted by Crippen LogP contribution is 2.29. The van der Waals surface area contributed by atoms with Crippen LogP contribution in [0.25, 0.3) is 0 Å². The molecule has 0 spiro atoms. The van der Waals surface area contributed by atoms with E-state index in [9.17, 15) is 14.4 Å². The number of ketones is 1. The first-order valence-corrected chi connectivity index (χ1v) is 6.82. The van der Waals surface area contributed by atoms with Crippen molar-refractivity contribution in [3.05, 3.63) is 0 Å². The molecule has 0 aromatic heterocycles. The van der Waals surface area contributed by atoms with E-state index in [0.29, 0.717) is 6.42 Å². The van der Waals surface area contributed by atoms with Gasteiger partial charge in [0, 0.05) is 13.3 Å². The summed E-state index contributed by atoms with van der Waals surface area (Å²) < 4.78 is 10.4. The van der Waals surface area contributed by atoms with Crippen molar-refractivity contribution in [2.24, 2.45) is 5.41 Å². The minimum Gasteiger partial charge on any atom is -0.461 e. The van der Waals surface area contributed by atoms with Gasteiger partial charge in [0.2, 0.25) is 0 Å². The van der Waals surface area contributed by atoms with E-state index in [1.54, 1.807) is 41.5 Å². The van der Waals surface area contributed by atoms with E-state index in [4.69, 9.17) is 9.47 Å². The molecule has 0 radical (unpaired) electrons. The Hall–Kier alpha value is -1.39. The number of carbonyl (C=O) groups is 3. The second-order valence-corrected chi connectivity index (χ2v) is 6.39. The van der Waals surface area contributed by atoms with E-state index in [-0.39, 0.29) is 12.2 Å². The molecule has 0 aromatic carbocycles. The van der Waals surface area contributed by atoms with E-state index >= 15 is 0 Å². The lowest BCUT2D eigenvalue weighted by Crippen LogP contribution is -2.42. The molecule has 0 N–H and O–H groups in total. The van der Waals surface area contributed by atoms with Gasteiger partial charge in [-0.15, -0.1) is 0 Å². The molecular weight excluding hydrogens is 260 g/mol. The molecule has 5 heteroatoms. The zero-order chi connectivity index (χ0) is 16.1. The molecule has 0 aliphatic heterocycles. The third kappa shape index (κ3) is 6.17. The first-order valence-electron chi connectivity index (χ1n) is 6.82. The van der Waals surface area contributed by atoms with Gasteiger partial charge in [-0.1, -0.05) is 6.92 Å². The summed E-state index contributed by atoms with van der Waals surface area (Å²) in [7, 11) is 0. The van der Waals surface area contributed by atoms with E-state index in [1.165, 1.54) is 6.92 Å². The molecule has 5 nitrogen and oxygen atoms in total. The quantitative estimate of drug-likeness (QED) is 0.702. The molecule has 20 heavy (non-hydrogen) atoms. The molecule has 0 aliphatic rings. The molecule has 0 heterocycles. The molecular formula is C15H26O5. The largest absolute Gasteiger partial charge is 0.461 e. The molecule has 0 aliphatic carbocycles. The van der Waals surface area contributed by atoms with Crippen LogP contribution in [0.1, 0.15) is 61.3 Å². The van der Waals surface area contributed by atoms with Crippen LogP contribution < -0.4 is 0 Å². The first-order chi connectivity index (χ1) is 8.90. The molecule has 0 fully saturated rings. The van der Waals surface area contributed by atoms with Crippen LogP contribution in [-0.4, -0.2) is 29.4 Å². The number of Topliss-reactive ketones (excluding diaryl/α,β-unsaturated/α-hetero) is 1. The van der Waals surface area contributed by atoms with Crippen molar-refractivity contribution in [2.75, 3.05) is 0 Å². The topological polar surface area (TPSA) is 69.7 Å². The van der Waals surface area contributed by atoms with Gasteiger partial charge in [-0.2, -0.15) is 0 Å². The minimum atomic E-state index is -0.919. The number of hydrogen-bond acceptors (Lipinski definition) is 5. The van der Waals surface area contributed by atoms with Crippen LogP contribution in [0.4, 0.5) is 0 Å². The number of ether oxygens (including phenoxy) is 2. The highest BCUT2D eigenvalue weighted by molar-refractivity contribution is 5.85. The zero-order valence-corrected chi connectivity index (χ0v) is 13.5. The van der Waals surface area contributed by atoms with E-state index in [0.717, 1.165) is 0 Å². The number of carbonyl (C=O) groups excluding carboxylic acids is 3. The Labute approximate surface area is 121 Å². The monoisotopic (exact) mass is 286 g/mol. The summed E-state index contributed by atoms with van der Waals surface area (Å²) in [6.07, 6.45) is -0.628. The predicted octanol–water partition coefficient (Wildman–Crippen LogP) is 2.66. The van der Waals surface area contributed by atoms with Gasteiger partial charge in [0.1, 0.15) is 17.5 Å². The molecule has 0 rings (SSSR count). The van der Waals surface area contributed by atoms with Crippen molar-refractivity contribution in [1.82, 2.24) is 0 Å². The summed E-state index contributed by atoms with van der Waals surface area (Å²) >= 11 is 0. The second kappa shape index (κ2) is 6.86. The Kier molecular flexibility index (Phi) is 6.38. The van der Waals surface area contributed by atoms with E-state index < -0.39 is 29.1 Å². The van der Waals surface area contributed by atoms with Crippen molar-refractivity contribution < 1.29 is 23.9 Å². The van der Waals surface area contributed by atoms with Gasteiger partial charge in [-0.3, -0.25) is 14.4 Å². The molecule has 0 amide bonds. The summed E-state index contributed by atoms with van der Waals surface area (Å²) in [4.78, 5) is 35.1. The fraction of sp³-hybridized carbons (Fsp3) is 0.800. The lowest BCUT2D eigenvalue weighted by atomic mass is 9.79. The van der Waals surface area contributed by atoms with Crippen LogP contribution in [-0.2, 0) is 23.9 Å². The van der Waals surface area contributed by atoms with Gasteiger partial charge >= 0.3 is 11.9 Å². The van der Waals surface area contributed by atoms with Crippen molar-refractivity contribution in [1.29, 1.82) is 0 Å². The summed E-state index contributed by atoms with van der Waals surface area (Å²) in [6.45, 7) is 11.6. The van der Waals surface area contributed by atoms with Crippen LogP contribution >= 0.6 is 0 Å². The van der Waals surface area contributed by atoms with Crippen LogP contribution in [0.3, 0.4) is 0 Å². The molecule has 116 valence electrons. The minimum absolute atomic E-state index is 0.0627. The van der Waals surface area contributed by atoms with Gasteiger partial charge in [0.15, 0.2) is 0 Å². The molecule has 1 unspecified atom stereocenters. The standard InChI is InChI=1S/C15H26O5/c1-8-11(17)15(6,7)12(19-10(2)16)9-13(18)20-14(3,4)5/h12H,8-9H2,1-7H3. The highest BCUT2D eigenvalue weighted by atomic mass is 16.6. The average molecular weight is 286 g/mol. The van der Waals surface area contributed by atoms with Crippen LogP contribution in [0, 0.1) is 5.41 Å². The lowest BCUT2D eigenvalue weighted by Gasteiger charge is -2.32. The Morgan fingerprint density at radius 2 is 1.55 bits per heavy atom. The highest BCUT2D eigenvalue weighted by Gasteiger charge is 2.40. The van der Waals surface area contributed by atoms with Gasteiger partial charge in [-0.25, -0.2) is 0 Å². The number of rotatable bonds is 6. The average Bonchev–Trinajstić information content (AvgIpc) is 2.23.